The molecule has 1 aliphatic rings. The van der Waals surface area contributed by atoms with E-state index in [9.17, 15) is 0 Å². The highest BCUT2D eigenvalue weighted by atomic mass is 28.4. The van der Waals surface area contributed by atoms with Gasteiger partial charge in [0.2, 0.25) is 0 Å². The molecule has 0 bridgehead atoms. The highest BCUT2D eigenvalue weighted by Crippen LogP contribution is 2.18. The number of ether oxygens (including phenoxy) is 2. The lowest BCUT2D eigenvalue weighted by Crippen LogP contribution is -2.50. The maximum atomic E-state index is 6.09. The van der Waals surface area contributed by atoms with Crippen molar-refractivity contribution >= 4 is 8.80 Å². The predicted molar refractivity (Wildman–Crippen MR) is 74.0 cm³/mol. The first-order valence-corrected chi connectivity index (χ1v) is 8.95. The monoisotopic (exact) mass is 293 g/mol. The summed E-state index contributed by atoms with van der Waals surface area (Å²) in [6, 6.07) is 0.434. The van der Waals surface area contributed by atoms with E-state index in [2.05, 4.69) is 0 Å². The second-order valence-corrected chi connectivity index (χ2v) is 7.08. The third-order valence-electron chi connectivity index (χ3n) is 2.64. The number of nitrogens with two attached hydrogens (primary N) is 1. The van der Waals surface area contributed by atoms with Gasteiger partial charge in [-0.25, -0.2) is 0 Å². The Morgan fingerprint density at radius 2 is 1.68 bits per heavy atom. The largest absolute Gasteiger partial charge is 0.502 e. The van der Waals surface area contributed by atoms with Crippen LogP contribution in [0.4, 0.5) is 0 Å². The van der Waals surface area contributed by atoms with Crippen molar-refractivity contribution in [2.45, 2.75) is 39.0 Å². The van der Waals surface area contributed by atoms with Crippen LogP contribution in [0.2, 0.25) is 6.04 Å². The van der Waals surface area contributed by atoms with E-state index in [1.165, 1.54) is 0 Å². The second-order valence-electron chi connectivity index (χ2n) is 4.44. The molecule has 0 aromatic carbocycles. The van der Waals surface area contributed by atoms with Crippen molar-refractivity contribution in [2.24, 2.45) is 5.73 Å². The maximum absolute atomic E-state index is 6.09. The molecule has 1 aliphatic heterocycles. The van der Waals surface area contributed by atoms with Crippen LogP contribution in [-0.4, -0.2) is 60.6 Å². The van der Waals surface area contributed by atoms with Crippen molar-refractivity contribution in [3.63, 3.8) is 0 Å². The molecule has 0 saturated carbocycles. The van der Waals surface area contributed by atoms with Gasteiger partial charge < -0.3 is 28.5 Å². The Morgan fingerprint density at radius 1 is 1.16 bits per heavy atom. The average Bonchev–Trinajstić information content (AvgIpc) is 3.14. The van der Waals surface area contributed by atoms with Crippen LogP contribution in [0, 0.1) is 0 Å². The van der Waals surface area contributed by atoms with Crippen LogP contribution in [0.1, 0.15) is 20.8 Å². The summed E-state index contributed by atoms with van der Waals surface area (Å²) in [5, 5.41) is 0. The SMILES string of the molecule is CCO[Si](CC(N)COCC1CO1)(OCC)OCC. The van der Waals surface area contributed by atoms with E-state index in [1.807, 2.05) is 20.8 Å². The van der Waals surface area contributed by atoms with E-state index >= 15 is 0 Å². The molecule has 0 aliphatic carbocycles. The normalized spacial score (nSPS) is 20.5. The third kappa shape index (κ3) is 6.80. The van der Waals surface area contributed by atoms with Crippen molar-refractivity contribution in [2.75, 3.05) is 39.6 Å². The van der Waals surface area contributed by atoms with Gasteiger partial charge >= 0.3 is 8.80 Å². The first-order valence-electron chi connectivity index (χ1n) is 7.02. The molecule has 2 unspecified atom stereocenters. The van der Waals surface area contributed by atoms with Crippen LogP contribution < -0.4 is 5.73 Å². The summed E-state index contributed by atoms with van der Waals surface area (Å²) in [6.45, 7) is 9.39. The second kappa shape index (κ2) is 9.01. The van der Waals surface area contributed by atoms with Crippen molar-refractivity contribution in [3.8, 4) is 0 Å². The zero-order chi connectivity index (χ0) is 14.1. The summed E-state index contributed by atoms with van der Waals surface area (Å²) in [5.41, 5.74) is 6.09. The standard InChI is InChI=1S/C12H27NO5Si/c1-4-16-19(17-5-2,18-6-3)10-11(13)7-14-8-12-9-15-12/h11-12H,4-10,13H2,1-3H3. The molecule has 1 heterocycles. The fourth-order valence-electron chi connectivity index (χ4n) is 1.86. The van der Waals surface area contributed by atoms with Crippen LogP contribution in [0.3, 0.4) is 0 Å². The van der Waals surface area contributed by atoms with Gasteiger partial charge in [0.25, 0.3) is 0 Å². The van der Waals surface area contributed by atoms with Gasteiger partial charge in [0.1, 0.15) is 6.10 Å². The smallest absolute Gasteiger partial charge is 0.377 e. The maximum Gasteiger partial charge on any atom is 0.502 e. The lowest BCUT2D eigenvalue weighted by atomic mass is 10.4. The van der Waals surface area contributed by atoms with Crippen LogP contribution in [-0.2, 0) is 22.8 Å². The molecule has 1 rings (SSSR count). The quantitative estimate of drug-likeness (QED) is 0.423. The van der Waals surface area contributed by atoms with Crippen LogP contribution in [0.25, 0.3) is 0 Å². The van der Waals surface area contributed by atoms with Crippen molar-refractivity contribution in [3.05, 3.63) is 0 Å². The Kier molecular flexibility index (Phi) is 8.08. The molecular weight excluding hydrogens is 266 g/mol. The molecule has 1 saturated heterocycles. The van der Waals surface area contributed by atoms with Crippen LogP contribution >= 0.6 is 0 Å². The molecule has 19 heavy (non-hydrogen) atoms. The Hall–Kier alpha value is -0.0231. The first kappa shape index (κ1) is 17.0. The minimum Gasteiger partial charge on any atom is -0.377 e. The molecule has 2 atom stereocenters. The lowest BCUT2D eigenvalue weighted by molar-refractivity contribution is 0.0611. The average molecular weight is 293 g/mol. The predicted octanol–water partition coefficient (Wildman–Crippen LogP) is 0.778. The van der Waals surface area contributed by atoms with E-state index in [4.69, 9.17) is 28.5 Å². The molecule has 1 fully saturated rings. The molecule has 0 radical (unpaired) electrons. The van der Waals surface area contributed by atoms with E-state index in [0.29, 0.717) is 39.1 Å². The summed E-state index contributed by atoms with van der Waals surface area (Å²) >= 11 is 0. The van der Waals surface area contributed by atoms with Gasteiger partial charge in [-0.15, -0.1) is 0 Å². The molecule has 2 N–H and O–H groups in total. The van der Waals surface area contributed by atoms with Gasteiger partial charge in [0.05, 0.1) is 19.8 Å². The molecule has 6 nitrogen and oxygen atoms in total. The molecule has 0 aromatic heterocycles. The van der Waals surface area contributed by atoms with Gasteiger partial charge in [-0.05, 0) is 20.8 Å². The molecular formula is C12H27NO5Si. The van der Waals surface area contributed by atoms with Gasteiger partial charge in [0, 0.05) is 31.9 Å². The Morgan fingerprint density at radius 3 is 2.11 bits per heavy atom. The fourth-order valence-corrected chi connectivity index (χ4v) is 4.54. The summed E-state index contributed by atoms with van der Waals surface area (Å²) in [4.78, 5) is 0. The first-order chi connectivity index (χ1) is 9.15. The van der Waals surface area contributed by atoms with Crippen molar-refractivity contribution in [1.29, 1.82) is 0 Å². The highest BCUT2D eigenvalue weighted by Gasteiger charge is 2.42. The third-order valence-corrected chi connectivity index (χ3v) is 5.85. The zero-order valence-corrected chi connectivity index (χ0v) is 13.2. The van der Waals surface area contributed by atoms with Gasteiger partial charge in [-0.1, -0.05) is 0 Å². The number of hydrogen-bond donors (Lipinski definition) is 1. The van der Waals surface area contributed by atoms with E-state index < -0.39 is 8.80 Å². The van der Waals surface area contributed by atoms with Crippen molar-refractivity contribution < 1.29 is 22.8 Å². The van der Waals surface area contributed by atoms with E-state index in [0.717, 1.165) is 6.61 Å². The molecule has 7 heteroatoms. The number of rotatable bonds is 12. The van der Waals surface area contributed by atoms with Crippen LogP contribution in [0.5, 0.6) is 0 Å². The molecule has 114 valence electrons. The summed E-state index contributed by atoms with van der Waals surface area (Å²) in [5.74, 6) is 0. The van der Waals surface area contributed by atoms with Crippen molar-refractivity contribution in [1.82, 2.24) is 0 Å². The van der Waals surface area contributed by atoms with Gasteiger partial charge in [0.15, 0.2) is 0 Å². The minimum absolute atomic E-state index is 0.143. The summed E-state index contributed by atoms with van der Waals surface area (Å²) in [6.07, 6.45) is 0.264. The Labute approximate surface area is 116 Å². The number of hydrogen-bond acceptors (Lipinski definition) is 6. The van der Waals surface area contributed by atoms with E-state index in [-0.39, 0.29) is 12.1 Å². The zero-order valence-electron chi connectivity index (χ0n) is 12.2. The Balaban J connectivity index is 2.37. The fraction of sp³-hybridized carbons (Fsp3) is 1.00. The summed E-state index contributed by atoms with van der Waals surface area (Å²) < 4.78 is 27.8. The highest BCUT2D eigenvalue weighted by molar-refractivity contribution is 6.60. The Bertz CT molecular complexity index is 223. The molecule has 0 spiro atoms. The number of epoxide rings is 1. The molecule has 0 aromatic rings. The topological polar surface area (TPSA) is 75.5 Å². The van der Waals surface area contributed by atoms with E-state index in [1.54, 1.807) is 0 Å². The molecule has 0 amide bonds. The minimum atomic E-state index is -2.66. The summed E-state index contributed by atoms with van der Waals surface area (Å²) in [7, 11) is -2.66. The van der Waals surface area contributed by atoms with Crippen LogP contribution in [0.15, 0.2) is 0 Å². The van der Waals surface area contributed by atoms with Gasteiger partial charge in [-0.2, -0.15) is 0 Å². The lowest BCUT2D eigenvalue weighted by Gasteiger charge is -2.30. The van der Waals surface area contributed by atoms with Gasteiger partial charge in [-0.3, -0.25) is 0 Å².